The molecule has 5 rings (SSSR count). The maximum absolute atomic E-state index is 12.7. The molecule has 36 heavy (non-hydrogen) atoms. The number of fused-ring (bicyclic) bond motifs is 2. The quantitative estimate of drug-likeness (QED) is 0.251. The minimum Gasteiger partial charge on any atom is -0.496 e. The number of rotatable bonds is 7. The number of hydrogen-bond donors (Lipinski definition) is 1. The molecule has 4 aromatic carbocycles. The van der Waals surface area contributed by atoms with Gasteiger partial charge in [-0.2, -0.15) is 0 Å². The molecule has 0 atom stereocenters. The Hall–Kier alpha value is -4.31. The van der Waals surface area contributed by atoms with Crippen LogP contribution in [0.4, 0.5) is 0 Å². The van der Waals surface area contributed by atoms with Crippen LogP contribution in [-0.2, 0) is 11.2 Å². The number of ether oxygens (including phenoxy) is 1. The van der Waals surface area contributed by atoms with E-state index in [1.807, 2.05) is 44.2 Å². The fraction of sp³-hybridized carbons (Fsp3) is 0.156. The highest BCUT2D eigenvalue weighted by molar-refractivity contribution is 6.02. The Bertz CT molecular complexity index is 1580. The third-order valence-corrected chi connectivity index (χ3v) is 6.64. The lowest BCUT2D eigenvalue weighted by Gasteiger charge is -2.13. The molecule has 1 N–H and O–H groups in total. The van der Waals surface area contributed by atoms with Crippen LogP contribution in [0, 0.1) is 6.92 Å². The molecule has 0 aliphatic heterocycles. The van der Waals surface area contributed by atoms with Crippen molar-refractivity contribution in [2.45, 2.75) is 20.3 Å². The molecule has 180 valence electrons. The van der Waals surface area contributed by atoms with Crippen LogP contribution in [0.5, 0.6) is 5.75 Å². The maximum atomic E-state index is 12.7. The van der Waals surface area contributed by atoms with E-state index in [-0.39, 0.29) is 5.91 Å². The second-order valence-electron chi connectivity index (χ2n) is 9.02. The molecule has 0 saturated carbocycles. The van der Waals surface area contributed by atoms with Gasteiger partial charge in [-0.3, -0.25) is 4.79 Å². The van der Waals surface area contributed by atoms with Crippen LogP contribution in [0.2, 0.25) is 0 Å². The van der Waals surface area contributed by atoms with Gasteiger partial charge < -0.3 is 14.5 Å². The molecule has 4 heteroatoms. The lowest BCUT2D eigenvalue weighted by molar-refractivity contribution is -0.116. The molecule has 1 heterocycles. The van der Waals surface area contributed by atoms with Crippen molar-refractivity contribution in [3.8, 4) is 16.9 Å². The Balaban J connectivity index is 1.47. The lowest BCUT2D eigenvalue weighted by Crippen LogP contribution is -2.23. The highest BCUT2D eigenvalue weighted by Crippen LogP contribution is 2.41. The summed E-state index contributed by atoms with van der Waals surface area (Å²) in [5, 5.41) is 6.37. The summed E-state index contributed by atoms with van der Waals surface area (Å²) in [6, 6.07) is 27.0. The van der Waals surface area contributed by atoms with E-state index in [0.717, 1.165) is 45.2 Å². The number of allylic oxidation sites excluding steroid dienone is 1. The van der Waals surface area contributed by atoms with Crippen LogP contribution < -0.4 is 10.1 Å². The van der Waals surface area contributed by atoms with Gasteiger partial charge in [-0.25, -0.2) is 0 Å². The molecule has 0 unspecified atom stereocenters. The number of benzene rings is 4. The summed E-state index contributed by atoms with van der Waals surface area (Å²) in [5.74, 6) is 0.595. The van der Waals surface area contributed by atoms with Gasteiger partial charge in [-0.1, -0.05) is 66.7 Å². The average molecular weight is 476 g/mol. The summed E-state index contributed by atoms with van der Waals surface area (Å²) >= 11 is 0. The number of nitrogens with one attached hydrogen (secondary N) is 1. The van der Waals surface area contributed by atoms with Gasteiger partial charge in [-0.15, -0.1) is 0 Å². The van der Waals surface area contributed by atoms with Gasteiger partial charge in [-0.05, 0) is 59.9 Å². The molecular formula is C32H29NO3. The van der Waals surface area contributed by atoms with Crippen molar-refractivity contribution in [3.05, 3.63) is 108 Å². The van der Waals surface area contributed by atoms with E-state index < -0.39 is 0 Å². The maximum Gasteiger partial charge on any atom is 0.244 e. The van der Waals surface area contributed by atoms with E-state index in [4.69, 9.17) is 9.15 Å². The molecule has 0 bridgehead atoms. The monoisotopic (exact) mass is 475 g/mol. The lowest BCUT2D eigenvalue weighted by atomic mass is 9.95. The van der Waals surface area contributed by atoms with Gasteiger partial charge in [0, 0.05) is 34.7 Å². The van der Waals surface area contributed by atoms with E-state index in [1.165, 1.54) is 16.3 Å². The van der Waals surface area contributed by atoms with E-state index in [1.54, 1.807) is 19.4 Å². The van der Waals surface area contributed by atoms with Crippen LogP contribution >= 0.6 is 0 Å². The zero-order valence-electron chi connectivity index (χ0n) is 20.8. The normalized spacial score (nSPS) is 11.7. The molecule has 0 saturated heterocycles. The van der Waals surface area contributed by atoms with E-state index in [0.29, 0.717) is 12.3 Å². The fourth-order valence-electron chi connectivity index (χ4n) is 4.75. The SMILES string of the molecule is COc1c(/C(C)=C/C(=O)NCCc2ccccc2)cc2c(-c3ccc4ccccc4c3)coc2c1C. The molecule has 0 aliphatic carbocycles. The number of hydrogen-bond acceptors (Lipinski definition) is 3. The van der Waals surface area contributed by atoms with Crippen LogP contribution in [0.3, 0.4) is 0 Å². The first-order chi connectivity index (χ1) is 17.5. The van der Waals surface area contributed by atoms with Crippen molar-refractivity contribution in [1.82, 2.24) is 5.32 Å². The third kappa shape index (κ3) is 4.63. The van der Waals surface area contributed by atoms with Crippen molar-refractivity contribution in [2.24, 2.45) is 0 Å². The standard InChI is InChI=1S/C32H29NO3/c1-21(17-30(34)33-16-15-23-9-5-4-6-10-23)27-19-28-29(20-36-32(28)22(2)31(27)35-3)26-14-13-24-11-7-8-12-25(24)18-26/h4-14,17-20H,15-16H2,1-3H3,(H,33,34)/b21-17+. The molecular weight excluding hydrogens is 446 g/mol. The molecule has 0 fully saturated rings. The van der Waals surface area contributed by atoms with E-state index >= 15 is 0 Å². The Morgan fingerprint density at radius 2 is 1.72 bits per heavy atom. The predicted octanol–water partition coefficient (Wildman–Crippen LogP) is 7.33. The molecule has 0 spiro atoms. The first-order valence-electron chi connectivity index (χ1n) is 12.1. The van der Waals surface area contributed by atoms with Gasteiger partial charge in [0.15, 0.2) is 0 Å². The first-order valence-corrected chi connectivity index (χ1v) is 12.1. The predicted molar refractivity (Wildman–Crippen MR) is 147 cm³/mol. The largest absolute Gasteiger partial charge is 0.496 e. The van der Waals surface area contributed by atoms with Crippen molar-refractivity contribution < 1.29 is 13.9 Å². The second-order valence-corrected chi connectivity index (χ2v) is 9.02. The minimum atomic E-state index is -0.120. The first kappa shape index (κ1) is 23.4. The van der Waals surface area contributed by atoms with Crippen molar-refractivity contribution in [3.63, 3.8) is 0 Å². The Morgan fingerprint density at radius 1 is 0.972 bits per heavy atom. The molecule has 4 nitrogen and oxygen atoms in total. The molecule has 1 amide bonds. The number of methoxy groups -OCH3 is 1. The summed E-state index contributed by atoms with van der Waals surface area (Å²) in [6.07, 6.45) is 4.24. The van der Waals surface area contributed by atoms with Gasteiger partial charge in [0.25, 0.3) is 0 Å². The van der Waals surface area contributed by atoms with Crippen LogP contribution in [0.1, 0.15) is 23.6 Å². The Labute approximate surface area is 211 Å². The summed E-state index contributed by atoms with van der Waals surface area (Å²) < 4.78 is 11.8. The zero-order valence-corrected chi connectivity index (χ0v) is 20.8. The minimum absolute atomic E-state index is 0.120. The fourth-order valence-corrected chi connectivity index (χ4v) is 4.75. The number of furan rings is 1. The van der Waals surface area contributed by atoms with Crippen molar-refractivity contribution in [1.29, 1.82) is 0 Å². The van der Waals surface area contributed by atoms with E-state index in [9.17, 15) is 4.79 Å². The van der Waals surface area contributed by atoms with Gasteiger partial charge >= 0.3 is 0 Å². The smallest absolute Gasteiger partial charge is 0.244 e. The molecule has 0 aliphatic rings. The number of carbonyl (C=O) groups is 1. The molecule has 5 aromatic rings. The highest BCUT2D eigenvalue weighted by Gasteiger charge is 2.19. The van der Waals surface area contributed by atoms with Gasteiger partial charge in [0.1, 0.15) is 11.3 Å². The number of carbonyl (C=O) groups excluding carboxylic acids is 1. The van der Waals surface area contributed by atoms with E-state index in [2.05, 4.69) is 53.8 Å². The van der Waals surface area contributed by atoms with Crippen LogP contribution in [0.25, 0.3) is 38.4 Å². The van der Waals surface area contributed by atoms with Crippen LogP contribution in [0.15, 0.2) is 95.6 Å². The van der Waals surface area contributed by atoms with Crippen LogP contribution in [-0.4, -0.2) is 19.6 Å². The summed E-state index contributed by atoms with van der Waals surface area (Å²) in [5.41, 5.74) is 6.71. The number of aryl methyl sites for hydroxylation is 1. The topological polar surface area (TPSA) is 51.5 Å². The number of amides is 1. The highest BCUT2D eigenvalue weighted by atomic mass is 16.5. The summed E-state index contributed by atoms with van der Waals surface area (Å²) in [6.45, 7) is 4.51. The Morgan fingerprint density at radius 3 is 2.50 bits per heavy atom. The van der Waals surface area contributed by atoms with Crippen molar-refractivity contribution >= 4 is 33.2 Å². The summed E-state index contributed by atoms with van der Waals surface area (Å²) in [7, 11) is 1.65. The third-order valence-electron chi connectivity index (χ3n) is 6.64. The Kier molecular flexibility index (Phi) is 6.59. The average Bonchev–Trinajstić information content (AvgIpc) is 3.33. The van der Waals surface area contributed by atoms with Crippen molar-refractivity contribution in [2.75, 3.05) is 13.7 Å². The zero-order chi connectivity index (χ0) is 25.1. The van der Waals surface area contributed by atoms with Gasteiger partial charge in [0.05, 0.1) is 13.4 Å². The second kappa shape index (κ2) is 10.1. The molecule has 0 radical (unpaired) electrons. The van der Waals surface area contributed by atoms with Gasteiger partial charge in [0.2, 0.25) is 5.91 Å². The summed E-state index contributed by atoms with van der Waals surface area (Å²) in [4.78, 5) is 12.7. The molecule has 1 aromatic heterocycles.